The summed E-state index contributed by atoms with van der Waals surface area (Å²) in [5, 5.41) is -5.02. The molecule has 2 N–H and O–H groups in total. The van der Waals surface area contributed by atoms with Crippen molar-refractivity contribution in [3.8, 4) is 0 Å². The molecule has 0 heterocycles. The second kappa shape index (κ2) is 8.51. The van der Waals surface area contributed by atoms with Gasteiger partial charge in [-0.1, -0.05) is 0 Å². The second-order valence-electron chi connectivity index (χ2n) is 5.83. The zero-order chi connectivity index (χ0) is 27.2. The minimum atomic E-state index is -8.73. The molecular weight excluding hydrogens is 530 g/mol. The van der Waals surface area contributed by atoms with Crippen LogP contribution in [0.4, 0.5) is 70.2 Å². The highest BCUT2D eigenvalue weighted by Gasteiger charge is 2.95. The predicted molar refractivity (Wildman–Crippen MR) is 71.8 cm³/mol. The Morgan fingerprint density at radius 3 is 0.906 bits per heavy atom. The molecular formula is C11H11F16NO3S. The maximum absolute atomic E-state index is 13.2. The van der Waals surface area contributed by atoms with Crippen LogP contribution >= 0.6 is 0 Å². The second-order valence-corrected chi connectivity index (χ2v) is 7.29. The van der Waals surface area contributed by atoms with Crippen molar-refractivity contribution in [2.45, 2.75) is 53.6 Å². The number of hydrogen-bond acceptors (Lipinski definition) is 3. The molecule has 0 aliphatic carbocycles. The molecule has 21 heteroatoms. The first-order valence-corrected chi connectivity index (χ1v) is 8.43. The van der Waals surface area contributed by atoms with E-state index in [1.165, 1.54) is 0 Å². The molecule has 196 valence electrons. The third-order valence-electron chi connectivity index (χ3n) is 3.21. The standard InChI is InChI=1S/C9H4F16O3S.C2H7N/c1-2(10,11)3(12,13)4(14,15)5(16,17)6(18,19)7(20,21)8(22,23)9(24,25)29(26,27)28;1-3-2/h1H3,(H,26,27,28);3H,1-2H3. The van der Waals surface area contributed by atoms with Gasteiger partial charge in [0.05, 0.1) is 0 Å². The molecule has 0 radical (unpaired) electrons. The van der Waals surface area contributed by atoms with Crippen LogP contribution in [0.1, 0.15) is 6.92 Å². The molecule has 0 amide bonds. The summed E-state index contributed by atoms with van der Waals surface area (Å²) in [5.74, 6) is -56.7. The van der Waals surface area contributed by atoms with Crippen molar-refractivity contribution >= 4 is 10.1 Å². The van der Waals surface area contributed by atoms with E-state index in [2.05, 4.69) is 5.32 Å². The van der Waals surface area contributed by atoms with E-state index in [1.807, 2.05) is 14.1 Å². The zero-order valence-electron chi connectivity index (χ0n) is 15.2. The van der Waals surface area contributed by atoms with Gasteiger partial charge in [-0.3, -0.25) is 4.55 Å². The Balaban J connectivity index is 0. The first-order valence-electron chi connectivity index (χ1n) is 6.99. The average molecular weight is 541 g/mol. The SMILES string of the molecule is CC(F)(F)C(F)(F)C(F)(F)C(F)(F)C(F)(F)C(F)(F)C(F)(F)C(F)(F)S(=O)(=O)O.CNC. The smallest absolute Gasteiger partial charge is 0.323 e. The van der Waals surface area contributed by atoms with Gasteiger partial charge in [0.1, 0.15) is 0 Å². The van der Waals surface area contributed by atoms with Gasteiger partial charge in [-0.2, -0.15) is 78.7 Å². The number of hydrogen-bond donors (Lipinski definition) is 2. The van der Waals surface area contributed by atoms with Crippen molar-refractivity contribution in [3.05, 3.63) is 0 Å². The minimum Gasteiger partial charge on any atom is -0.323 e. The van der Waals surface area contributed by atoms with Gasteiger partial charge < -0.3 is 5.32 Å². The van der Waals surface area contributed by atoms with E-state index in [0.717, 1.165) is 0 Å². The normalized spacial score (nSPS) is 15.9. The molecule has 0 saturated heterocycles. The minimum absolute atomic E-state index is 1.30. The van der Waals surface area contributed by atoms with Gasteiger partial charge >= 0.3 is 56.8 Å². The Bertz CT molecular complexity index is 758. The number of nitrogens with one attached hydrogen (secondary N) is 1. The van der Waals surface area contributed by atoms with Crippen LogP contribution in [0, 0.1) is 0 Å². The molecule has 0 spiro atoms. The fourth-order valence-corrected chi connectivity index (χ4v) is 1.86. The van der Waals surface area contributed by atoms with Crippen molar-refractivity contribution < 1.29 is 83.2 Å². The van der Waals surface area contributed by atoms with Gasteiger partial charge in [0.15, 0.2) is 0 Å². The molecule has 0 aromatic heterocycles. The predicted octanol–water partition coefficient (Wildman–Crippen LogP) is 4.77. The summed E-state index contributed by atoms with van der Waals surface area (Å²) >= 11 is 0. The van der Waals surface area contributed by atoms with E-state index in [9.17, 15) is 78.7 Å². The van der Waals surface area contributed by atoms with Gasteiger partial charge in [-0.05, 0) is 14.1 Å². The molecule has 32 heavy (non-hydrogen) atoms. The summed E-state index contributed by atoms with van der Waals surface area (Å²) in [6.45, 7) is -1.30. The lowest BCUT2D eigenvalue weighted by Gasteiger charge is -2.42. The Hall–Kier alpha value is -1.25. The molecule has 0 rings (SSSR count). The molecule has 4 nitrogen and oxygen atoms in total. The summed E-state index contributed by atoms with van der Waals surface area (Å²) in [4.78, 5) is 0. The van der Waals surface area contributed by atoms with Gasteiger partial charge in [-0.15, -0.1) is 0 Å². The van der Waals surface area contributed by atoms with Crippen LogP contribution in [-0.2, 0) is 10.1 Å². The Labute approximate surface area is 167 Å². The maximum Gasteiger partial charge on any atom is 0.438 e. The third-order valence-corrected chi connectivity index (χ3v) is 4.12. The highest BCUT2D eigenvalue weighted by Crippen LogP contribution is 2.64. The maximum atomic E-state index is 13.2. The van der Waals surface area contributed by atoms with Crippen LogP contribution in [0.15, 0.2) is 0 Å². The first kappa shape index (κ1) is 32.9. The van der Waals surface area contributed by atoms with Gasteiger partial charge in [-0.25, -0.2) is 0 Å². The topological polar surface area (TPSA) is 66.4 Å². The summed E-state index contributed by atoms with van der Waals surface area (Å²) in [7, 11) is -4.08. The number of rotatable bonds is 8. The van der Waals surface area contributed by atoms with Gasteiger partial charge in [0.2, 0.25) is 0 Å². The van der Waals surface area contributed by atoms with Gasteiger partial charge in [0.25, 0.3) is 0 Å². The van der Waals surface area contributed by atoms with E-state index in [1.54, 1.807) is 0 Å². The summed E-state index contributed by atoms with van der Waals surface area (Å²) in [6, 6.07) is 0. The van der Waals surface area contributed by atoms with E-state index in [-0.39, 0.29) is 0 Å². The summed E-state index contributed by atoms with van der Waals surface area (Å²) in [6.07, 6.45) is 0. The molecule has 0 saturated carbocycles. The molecule has 0 aliphatic rings. The van der Waals surface area contributed by atoms with E-state index in [4.69, 9.17) is 4.55 Å². The fraction of sp³-hybridized carbons (Fsp3) is 1.00. The van der Waals surface area contributed by atoms with Crippen molar-refractivity contribution in [1.29, 1.82) is 0 Å². The van der Waals surface area contributed by atoms with E-state index in [0.29, 0.717) is 0 Å². The van der Waals surface area contributed by atoms with Crippen LogP contribution in [0.3, 0.4) is 0 Å². The summed E-state index contributed by atoms with van der Waals surface area (Å²) < 4.78 is 234. The van der Waals surface area contributed by atoms with Crippen LogP contribution in [0.25, 0.3) is 0 Å². The Morgan fingerprint density at radius 1 is 0.531 bits per heavy atom. The molecule has 0 bridgehead atoms. The Kier molecular flexibility index (Phi) is 8.76. The van der Waals surface area contributed by atoms with Crippen molar-refractivity contribution in [2.75, 3.05) is 14.1 Å². The lowest BCUT2D eigenvalue weighted by atomic mass is 9.89. The number of alkyl halides is 16. The van der Waals surface area contributed by atoms with Crippen LogP contribution in [0.2, 0.25) is 0 Å². The molecule has 0 aromatic carbocycles. The van der Waals surface area contributed by atoms with Gasteiger partial charge in [0, 0.05) is 6.92 Å². The average Bonchev–Trinajstić information content (AvgIpc) is 2.52. The Morgan fingerprint density at radius 2 is 0.719 bits per heavy atom. The zero-order valence-corrected chi connectivity index (χ0v) is 16.0. The van der Waals surface area contributed by atoms with E-state index < -0.39 is 63.8 Å². The van der Waals surface area contributed by atoms with Crippen LogP contribution in [-0.4, -0.2) is 73.8 Å². The summed E-state index contributed by atoms with van der Waals surface area (Å²) in [5.41, 5.74) is 0. The molecule has 0 fully saturated rings. The lowest BCUT2D eigenvalue weighted by molar-refractivity contribution is -0.448. The van der Waals surface area contributed by atoms with Crippen molar-refractivity contribution in [1.82, 2.24) is 5.32 Å². The third kappa shape index (κ3) is 4.42. The highest BCUT2D eigenvalue weighted by atomic mass is 32.2. The lowest BCUT2D eigenvalue weighted by Crippen LogP contribution is -2.75. The first-order chi connectivity index (χ1) is 13.4. The van der Waals surface area contributed by atoms with Crippen LogP contribution in [0.5, 0.6) is 0 Å². The fourth-order valence-electron chi connectivity index (χ4n) is 1.41. The quantitative estimate of drug-likeness (QED) is 0.344. The monoisotopic (exact) mass is 541 g/mol. The van der Waals surface area contributed by atoms with Crippen molar-refractivity contribution in [3.63, 3.8) is 0 Å². The number of halogens is 16. The molecule has 0 aromatic rings. The highest BCUT2D eigenvalue weighted by molar-refractivity contribution is 7.87. The molecule has 0 aliphatic heterocycles. The van der Waals surface area contributed by atoms with Crippen molar-refractivity contribution in [2.24, 2.45) is 0 Å². The molecule has 0 atom stereocenters. The largest absolute Gasteiger partial charge is 0.438 e. The van der Waals surface area contributed by atoms with Crippen LogP contribution < -0.4 is 5.32 Å². The molecule has 0 unspecified atom stereocenters. The van der Waals surface area contributed by atoms with E-state index >= 15 is 0 Å².